The number of aryl methyl sites for hydroxylation is 1. The number of hydrogen-bond acceptors (Lipinski definition) is 4. The average molecular weight is 371 g/mol. The van der Waals surface area contributed by atoms with Gasteiger partial charge in [-0.3, -0.25) is 4.99 Å². The molecule has 2 N–H and O–H groups in total. The van der Waals surface area contributed by atoms with Crippen molar-refractivity contribution in [2.24, 2.45) is 4.99 Å². The molecule has 0 aliphatic heterocycles. The van der Waals surface area contributed by atoms with Gasteiger partial charge in [0.05, 0.1) is 6.10 Å². The number of guanidine groups is 1. The summed E-state index contributed by atoms with van der Waals surface area (Å²) < 4.78 is 8.27. The SMILES string of the molecule is CCc1nncn1CCNC(=NC)NCc1ccccc1OC1CCCC1. The van der Waals surface area contributed by atoms with Gasteiger partial charge in [0.1, 0.15) is 17.9 Å². The minimum Gasteiger partial charge on any atom is -0.490 e. The number of nitrogens with zero attached hydrogens (tertiary/aromatic N) is 4. The molecule has 0 amide bonds. The lowest BCUT2D eigenvalue weighted by Crippen LogP contribution is -2.38. The monoisotopic (exact) mass is 370 g/mol. The molecule has 7 heteroatoms. The van der Waals surface area contributed by atoms with Crippen molar-refractivity contribution in [3.05, 3.63) is 42.0 Å². The van der Waals surface area contributed by atoms with E-state index in [1.54, 1.807) is 13.4 Å². The summed E-state index contributed by atoms with van der Waals surface area (Å²) in [4.78, 5) is 4.31. The highest BCUT2D eigenvalue weighted by Crippen LogP contribution is 2.26. The fourth-order valence-electron chi connectivity index (χ4n) is 3.38. The van der Waals surface area contributed by atoms with Crippen LogP contribution in [0.4, 0.5) is 0 Å². The molecule has 0 unspecified atom stereocenters. The highest BCUT2D eigenvalue weighted by atomic mass is 16.5. The van der Waals surface area contributed by atoms with Crippen LogP contribution in [-0.2, 0) is 19.5 Å². The molecule has 0 bridgehead atoms. The van der Waals surface area contributed by atoms with Crippen LogP contribution in [0.5, 0.6) is 5.75 Å². The Balaban J connectivity index is 1.49. The van der Waals surface area contributed by atoms with E-state index in [2.05, 4.69) is 49.4 Å². The number of benzene rings is 1. The van der Waals surface area contributed by atoms with Crippen LogP contribution in [0.2, 0.25) is 0 Å². The minimum atomic E-state index is 0.361. The van der Waals surface area contributed by atoms with Crippen LogP contribution >= 0.6 is 0 Å². The van der Waals surface area contributed by atoms with E-state index in [0.29, 0.717) is 12.6 Å². The zero-order valence-corrected chi connectivity index (χ0v) is 16.3. The highest BCUT2D eigenvalue weighted by Gasteiger charge is 2.17. The Labute approximate surface area is 161 Å². The first-order chi connectivity index (χ1) is 13.3. The Morgan fingerprint density at radius 2 is 2.07 bits per heavy atom. The van der Waals surface area contributed by atoms with Gasteiger partial charge in [0.25, 0.3) is 0 Å². The molecule has 1 fully saturated rings. The molecule has 0 spiro atoms. The van der Waals surface area contributed by atoms with Gasteiger partial charge in [-0.1, -0.05) is 25.1 Å². The first kappa shape index (κ1) is 19.2. The maximum Gasteiger partial charge on any atom is 0.191 e. The van der Waals surface area contributed by atoms with E-state index in [1.165, 1.54) is 12.8 Å². The third-order valence-electron chi connectivity index (χ3n) is 4.90. The average Bonchev–Trinajstić information content (AvgIpc) is 3.37. The quantitative estimate of drug-likeness (QED) is 0.552. The van der Waals surface area contributed by atoms with Crippen LogP contribution in [-0.4, -0.2) is 40.4 Å². The van der Waals surface area contributed by atoms with Gasteiger partial charge in [-0.15, -0.1) is 10.2 Å². The van der Waals surface area contributed by atoms with E-state index in [1.807, 2.05) is 12.1 Å². The normalized spacial score (nSPS) is 15.1. The van der Waals surface area contributed by atoms with Gasteiger partial charge < -0.3 is 19.9 Å². The van der Waals surface area contributed by atoms with Crippen molar-refractivity contribution < 1.29 is 4.74 Å². The molecule has 1 aromatic heterocycles. The summed E-state index contributed by atoms with van der Waals surface area (Å²) in [6.07, 6.45) is 7.88. The number of ether oxygens (including phenoxy) is 1. The standard InChI is InChI=1S/C20H30N6O/c1-3-19-25-24-15-26(19)13-12-22-20(21-2)23-14-16-8-4-7-11-18(16)27-17-9-5-6-10-17/h4,7-8,11,15,17H,3,5-6,9-10,12-14H2,1-2H3,(H2,21,22,23). The number of hydrogen-bond donors (Lipinski definition) is 2. The predicted octanol–water partition coefficient (Wildman–Crippen LogP) is 2.53. The number of aliphatic imine (C=N–C) groups is 1. The summed E-state index contributed by atoms with van der Waals surface area (Å²) in [5.41, 5.74) is 1.15. The fraction of sp³-hybridized carbons (Fsp3) is 0.550. The topological polar surface area (TPSA) is 76.4 Å². The van der Waals surface area contributed by atoms with E-state index in [4.69, 9.17) is 4.74 Å². The Hall–Kier alpha value is -2.57. The van der Waals surface area contributed by atoms with E-state index >= 15 is 0 Å². The first-order valence-electron chi connectivity index (χ1n) is 9.86. The van der Waals surface area contributed by atoms with Crippen LogP contribution in [0.3, 0.4) is 0 Å². The predicted molar refractivity (Wildman–Crippen MR) is 107 cm³/mol. The number of para-hydroxylation sites is 1. The van der Waals surface area contributed by atoms with Crippen molar-refractivity contribution in [2.75, 3.05) is 13.6 Å². The Morgan fingerprint density at radius 1 is 1.26 bits per heavy atom. The molecular formula is C20H30N6O. The summed E-state index contributed by atoms with van der Waals surface area (Å²) in [6, 6.07) is 8.25. The maximum atomic E-state index is 6.21. The van der Waals surface area contributed by atoms with Crippen molar-refractivity contribution in [2.45, 2.75) is 58.2 Å². The van der Waals surface area contributed by atoms with E-state index in [0.717, 1.165) is 55.4 Å². The van der Waals surface area contributed by atoms with Crippen molar-refractivity contribution in [3.63, 3.8) is 0 Å². The molecule has 1 aliphatic rings. The van der Waals surface area contributed by atoms with Gasteiger partial charge in [0.2, 0.25) is 0 Å². The molecule has 0 radical (unpaired) electrons. The first-order valence-corrected chi connectivity index (χ1v) is 9.86. The van der Waals surface area contributed by atoms with Crippen molar-refractivity contribution in [1.29, 1.82) is 0 Å². The second-order valence-corrected chi connectivity index (χ2v) is 6.78. The van der Waals surface area contributed by atoms with Crippen LogP contribution in [0.1, 0.15) is 44.0 Å². The fourth-order valence-corrected chi connectivity index (χ4v) is 3.38. The number of aromatic nitrogens is 3. The second-order valence-electron chi connectivity index (χ2n) is 6.78. The molecule has 0 atom stereocenters. The third kappa shape index (κ3) is 5.45. The van der Waals surface area contributed by atoms with Gasteiger partial charge in [-0.05, 0) is 31.7 Å². The van der Waals surface area contributed by atoms with Gasteiger partial charge in [0.15, 0.2) is 5.96 Å². The molecule has 1 saturated carbocycles. The molecule has 2 aromatic rings. The van der Waals surface area contributed by atoms with E-state index in [-0.39, 0.29) is 0 Å². The van der Waals surface area contributed by atoms with Crippen LogP contribution in [0.25, 0.3) is 0 Å². The summed E-state index contributed by atoms with van der Waals surface area (Å²) in [6.45, 7) is 4.32. The minimum absolute atomic E-state index is 0.361. The van der Waals surface area contributed by atoms with Gasteiger partial charge in [-0.25, -0.2) is 0 Å². The second kappa shape index (κ2) is 9.94. The van der Waals surface area contributed by atoms with E-state index in [9.17, 15) is 0 Å². The molecule has 146 valence electrons. The lowest BCUT2D eigenvalue weighted by atomic mass is 10.2. The Kier molecular flexibility index (Phi) is 7.07. The summed E-state index contributed by atoms with van der Waals surface area (Å²) in [7, 11) is 1.78. The van der Waals surface area contributed by atoms with Crippen LogP contribution in [0.15, 0.2) is 35.6 Å². The Morgan fingerprint density at radius 3 is 2.85 bits per heavy atom. The smallest absolute Gasteiger partial charge is 0.191 e. The maximum absolute atomic E-state index is 6.21. The molecule has 3 rings (SSSR count). The molecule has 7 nitrogen and oxygen atoms in total. The summed E-state index contributed by atoms with van der Waals surface area (Å²) in [5.74, 6) is 2.75. The molecule has 1 heterocycles. The molecular weight excluding hydrogens is 340 g/mol. The largest absolute Gasteiger partial charge is 0.490 e. The van der Waals surface area contributed by atoms with Crippen molar-refractivity contribution in [1.82, 2.24) is 25.4 Å². The van der Waals surface area contributed by atoms with Gasteiger partial charge in [-0.2, -0.15) is 0 Å². The molecule has 27 heavy (non-hydrogen) atoms. The zero-order chi connectivity index (χ0) is 18.9. The number of nitrogens with one attached hydrogen (secondary N) is 2. The van der Waals surface area contributed by atoms with Crippen LogP contribution in [0, 0.1) is 0 Å². The number of rotatable bonds is 8. The lowest BCUT2D eigenvalue weighted by molar-refractivity contribution is 0.208. The lowest BCUT2D eigenvalue weighted by Gasteiger charge is -2.18. The van der Waals surface area contributed by atoms with E-state index < -0.39 is 0 Å². The summed E-state index contributed by atoms with van der Waals surface area (Å²) >= 11 is 0. The van der Waals surface area contributed by atoms with Crippen molar-refractivity contribution in [3.8, 4) is 5.75 Å². The highest BCUT2D eigenvalue weighted by molar-refractivity contribution is 5.79. The molecule has 1 aromatic carbocycles. The zero-order valence-electron chi connectivity index (χ0n) is 16.3. The molecule has 0 saturated heterocycles. The summed E-state index contributed by atoms with van der Waals surface area (Å²) in [5, 5.41) is 14.8. The Bertz CT molecular complexity index is 736. The molecule has 1 aliphatic carbocycles. The third-order valence-corrected chi connectivity index (χ3v) is 4.90. The van der Waals surface area contributed by atoms with Crippen LogP contribution < -0.4 is 15.4 Å². The van der Waals surface area contributed by atoms with Crippen molar-refractivity contribution >= 4 is 5.96 Å². The van der Waals surface area contributed by atoms with Gasteiger partial charge in [0, 0.05) is 38.7 Å². The van der Waals surface area contributed by atoms with Gasteiger partial charge >= 0.3 is 0 Å².